The summed E-state index contributed by atoms with van der Waals surface area (Å²) in [5.74, 6) is 0.337. The second-order valence-corrected chi connectivity index (χ2v) is 10.8. The van der Waals surface area contributed by atoms with E-state index in [0.717, 1.165) is 25.1 Å². The number of nitrogens with one attached hydrogen (secondary N) is 1. The normalized spacial score (nSPS) is 11.6. The van der Waals surface area contributed by atoms with E-state index in [2.05, 4.69) is 52.4 Å². The van der Waals surface area contributed by atoms with E-state index in [-0.39, 0.29) is 17.4 Å². The van der Waals surface area contributed by atoms with Crippen molar-refractivity contribution in [2.75, 3.05) is 19.7 Å². The van der Waals surface area contributed by atoms with E-state index in [1.165, 1.54) is 23.3 Å². The van der Waals surface area contributed by atoms with Gasteiger partial charge in [-0.05, 0) is 78.9 Å². The van der Waals surface area contributed by atoms with Crippen LogP contribution < -0.4 is 9.46 Å². The Labute approximate surface area is 206 Å². The minimum Gasteiger partial charge on any atom is -0.494 e. The first-order valence-electron chi connectivity index (χ1n) is 11.4. The zero-order valence-electron chi connectivity index (χ0n) is 19.6. The number of hydrogen-bond acceptors (Lipinski definition) is 6. The molecule has 3 aromatic rings. The highest BCUT2D eigenvalue weighted by molar-refractivity contribution is 7.90. The number of ether oxygens (including phenoxy) is 1. The number of benzene rings is 2. The molecular weight excluding hydrogens is 468 g/mol. The van der Waals surface area contributed by atoms with Gasteiger partial charge in [0.05, 0.1) is 11.5 Å². The van der Waals surface area contributed by atoms with E-state index < -0.39 is 15.9 Å². The van der Waals surface area contributed by atoms with Crippen LogP contribution in [0.3, 0.4) is 0 Å². The summed E-state index contributed by atoms with van der Waals surface area (Å²) in [5.41, 5.74) is 2.57. The molecule has 3 rings (SSSR count). The summed E-state index contributed by atoms with van der Waals surface area (Å²) in [6.45, 7) is 5.93. The molecule has 1 aromatic heterocycles. The summed E-state index contributed by atoms with van der Waals surface area (Å²) in [4.78, 5) is 14.5. The third-order valence-electron chi connectivity index (χ3n) is 5.43. The zero-order chi connectivity index (χ0) is 24.4. The van der Waals surface area contributed by atoms with Crippen molar-refractivity contribution in [3.05, 3.63) is 82.6 Å². The number of carbonyl (C=O) groups is 1. The van der Waals surface area contributed by atoms with Gasteiger partial charge in [-0.1, -0.05) is 30.3 Å². The summed E-state index contributed by atoms with van der Waals surface area (Å²) in [6.07, 6.45) is 1.84. The summed E-state index contributed by atoms with van der Waals surface area (Å²) in [5, 5.41) is 4.25. The lowest BCUT2D eigenvalue weighted by molar-refractivity contribution is -0.119. The van der Waals surface area contributed by atoms with Crippen molar-refractivity contribution in [3.8, 4) is 5.75 Å². The van der Waals surface area contributed by atoms with Crippen molar-refractivity contribution in [1.82, 2.24) is 9.62 Å². The molecule has 0 aliphatic heterocycles. The van der Waals surface area contributed by atoms with Gasteiger partial charge in [0.15, 0.2) is 0 Å². The Morgan fingerprint density at radius 2 is 1.74 bits per heavy atom. The minimum absolute atomic E-state index is 0.0840. The van der Waals surface area contributed by atoms with Gasteiger partial charge in [0, 0.05) is 25.6 Å². The third-order valence-corrected chi connectivity index (χ3v) is 7.55. The predicted octanol–water partition coefficient (Wildman–Crippen LogP) is 4.71. The largest absolute Gasteiger partial charge is 0.494 e. The molecule has 1 heterocycles. The third kappa shape index (κ3) is 8.27. The molecule has 0 spiro atoms. The molecule has 2 aromatic carbocycles. The number of nitrogens with zero attached hydrogens (tertiary/aromatic N) is 1. The van der Waals surface area contributed by atoms with Gasteiger partial charge in [0.1, 0.15) is 5.75 Å². The van der Waals surface area contributed by atoms with Crippen LogP contribution in [-0.4, -0.2) is 45.0 Å². The highest BCUT2D eigenvalue weighted by Crippen LogP contribution is 2.17. The summed E-state index contributed by atoms with van der Waals surface area (Å²) < 4.78 is 32.7. The number of sulfonamides is 1. The molecule has 0 aliphatic carbocycles. The first-order chi connectivity index (χ1) is 16.3. The van der Waals surface area contributed by atoms with Gasteiger partial charge in [-0.15, -0.1) is 0 Å². The van der Waals surface area contributed by atoms with Crippen molar-refractivity contribution in [2.24, 2.45) is 0 Å². The Balaban J connectivity index is 1.39. The Morgan fingerprint density at radius 3 is 2.38 bits per heavy atom. The van der Waals surface area contributed by atoms with E-state index in [4.69, 9.17) is 4.74 Å². The van der Waals surface area contributed by atoms with Crippen molar-refractivity contribution in [1.29, 1.82) is 0 Å². The predicted molar refractivity (Wildman–Crippen MR) is 137 cm³/mol. The van der Waals surface area contributed by atoms with E-state index in [9.17, 15) is 13.2 Å². The first kappa shape index (κ1) is 25.9. The smallest absolute Gasteiger partial charge is 0.264 e. The van der Waals surface area contributed by atoms with Crippen LogP contribution in [0.4, 0.5) is 0 Å². The second kappa shape index (κ2) is 12.7. The van der Waals surface area contributed by atoms with E-state index >= 15 is 0 Å². The van der Waals surface area contributed by atoms with Crippen LogP contribution in [-0.2, 0) is 21.2 Å². The van der Waals surface area contributed by atoms with Crippen molar-refractivity contribution >= 4 is 27.3 Å². The van der Waals surface area contributed by atoms with Crippen LogP contribution in [0.2, 0.25) is 0 Å². The molecular formula is C26H32N2O4S2. The Kier molecular flexibility index (Phi) is 9.68. The Morgan fingerprint density at radius 1 is 1.00 bits per heavy atom. The monoisotopic (exact) mass is 500 g/mol. The van der Waals surface area contributed by atoms with E-state index in [0.29, 0.717) is 13.2 Å². The maximum Gasteiger partial charge on any atom is 0.264 e. The quantitative estimate of drug-likeness (QED) is 0.344. The van der Waals surface area contributed by atoms with Crippen molar-refractivity contribution in [2.45, 2.75) is 44.0 Å². The molecule has 0 fully saturated rings. The second-order valence-electron chi connectivity index (χ2n) is 8.38. The summed E-state index contributed by atoms with van der Waals surface area (Å²) in [7, 11) is -3.83. The van der Waals surface area contributed by atoms with Crippen LogP contribution in [0.25, 0.3) is 0 Å². The van der Waals surface area contributed by atoms with Crippen LogP contribution in [0.5, 0.6) is 5.75 Å². The fourth-order valence-electron chi connectivity index (χ4n) is 3.52. The molecule has 6 nitrogen and oxygen atoms in total. The number of amides is 1. The number of thiophene rings is 1. The molecule has 8 heteroatoms. The maximum absolute atomic E-state index is 12.3. The maximum atomic E-state index is 12.3. The molecule has 0 unspecified atom stereocenters. The van der Waals surface area contributed by atoms with Gasteiger partial charge in [0.25, 0.3) is 10.0 Å². The first-order valence-corrected chi connectivity index (χ1v) is 13.8. The molecule has 0 saturated heterocycles. The molecule has 0 bridgehead atoms. The van der Waals surface area contributed by atoms with Gasteiger partial charge in [-0.25, -0.2) is 13.1 Å². The van der Waals surface area contributed by atoms with Gasteiger partial charge in [-0.2, -0.15) is 11.3 Å². The van der Waals surface area contributed by atoms with E-state index in [1.807, 2.05) is 12.1 Å². The SMILES string of the molecule is CC(C)N(CCCOc1ccc(Cc2ccsc2)cc1)CCC(=O)NS(=O)(=O)c1ccccc1. The standard InChI is InChI=1S/C26H32N2O4S2/c1-21(2)28(16-13-26(29)27-34(30,31)25-7-4-3-5-8-25)15-6-17-32-24-11-9-22(10-12-24)19-23-14-18-33-20-23/h3-5,7-12,14,18,20-21H,6,13,15-17,19H2,1-2H3,(H,27,29). The van der Waals surface area contributed by atoms with Gasteiger partial charge < -0.3 is 9.64 Å². The molecule has 1 amide bonds. The highest BCUT2D eigenvalue weighted by Gasteiger charge is 2.18. The minimum atomic E-state index is -3.83. The number of carbonyl (C=O) groups excluding carboxylic acids is 1. The van der Waals surface area contributed by atoms with Crippen LogP contribution >= 0.6 is 11.3 Å². The zero-order valence-corrected chi connectivity index (χ0v) is 21.3. The molecule has 0 radical (unpaired) electrons. The molecule has 0 saturated carbocycles. The van der Waals surface area contributed by atoms with Crippen LogP contribution in [0.1, 0.15) is 37.8 Å². The van der Waals surface area contributed by atoms with Crippen LogP contribution in [0.15, 0.2) is 76.3 Å². The fourth-order valence-corrected chi connectivity index (χ4v) is 5.23. The number of rotatable bonds is 13. The lowest BCUT2D eigenvalue weighted by Crippen LogP contribution is -2.37. The average molecular weight is 501 g/mol. The lowest BCUT2D eigenvalue weighted by Gasteiger charge is -2.26. The molecule has 34 heavy (non-hydrogen) atoms. The van der Waals surface area contributed by atoms with Gasteiger partial charge in [-0.3, -0.25) is 4.79 Å². The Hall–Kier alpha value is -2.68. The molecule has 182 valence electrons. The molecule has 0 aliphatic rings. The molecule has 1 N–H and O–H groups in total. The lowest BCUT2D eigenvalue weighted by atomic mass is 10.1. The van der Waals surface area contributed by atoms with Crippen molar-refractivity contribution in [3.63, 3.8) is 0 Å². The number of hydrogen-bond donors (Lipinski definition) is 1. The Bertz CT molecular complexity index is 1110. The summed E-state index contributed by atoms with van der Waals surface area (Å²) >= 11 is 1.71. The highest BCUT2D eigenvalue weighted by atomic mass is 32.2. The van der Waals surface area contributed by atoms with E-state index in [1.54, 1.807) is 29.5 Å². The van der Waals surface area contributed by atoms with Crippen molar-refractivity contribution < 1.29 is 17.9 Å². The van der Waals surface area contributed by atoms with Gasteiger partial charge in [0.2, 0.25) is 5.91 Å². The molecule has 0 atom stereocenters. The average Bonchev–Trinajstić information content (AvgIpc) is 3.32. The summed E-state index contributed by atoms with van der Waals surface area (Å²) in [6, 6.07) is 18.5. The topological polar surface area (TPSA) is 75.7 Å². The fraction of sp³-hybridized carbons (Fsp3) is 0.346. The van der Waals surface area contributed by atoms with Gasteiger partial charge >= 0.3 is 0 Å². The van der Waals surface area contributed by atoms with Crippen LogP contribution in [0, 0.1) is 0 Å².